The molecule has 2 N–H and O–H groups in total. The molecule has 0 radical (unpaired) electrons. The number of rotatable bonds is 7. The summed E-state index contributed by atoms with van der Waals surface area (Å²) in [4.78, 5) is 22.5. The fourth-order valence-corrected chi connectivity index (χ4v) is 4.24. The molecule has 2 aromatic carbocycles. The van der Waals surface area contributed by atoms with E-state index in [0.717, 1.165) is 32.0 Å². The lowest BCUT2D eigenvalue weighted by Crippen LogP contribution is -2.43. The number of hydrogen-bond acceptors (Lipinski definition) is 7. The Hall–Kier alpha value is -4.37. The number of methoxy groups -OCH3 is 1. The van der Waals surface area contributed by atoms with Gasteiger partial charge in [0.25, 0.3) is 5.91 Å². The molecule has 4 rings (SSSR count). The van der Waals surface area contributed by atoms with Gasteiger partial charge in [-0.05, 0) is 57.6 Å². The summed E-state index contributed by atoms with van der Waals surface area (Å²) >= 11 is 0. The number of aromatic nitrogens is 2. The normalized spacial score (nSPS) is 14.3. The lowest BCUT2D eigenvalue weighted by Gasteiger charge is -2.29. The zero-order chi connectivity index (χ0) is 29.0. The predicted molar refractivity (Wildman–Crippen MR) is 140 cm³/mol. The van der Waals surface area contributed by atoms with E-state index in [2.05, 4.69) is 31.4 Å². The molecule has 0 saturated carbocycles. The number of anilines is 2. The van der Waals surface area contributed by atoms with Gasteiger partial charge in [-0.2, -0.15) is 18.2 Å². The Morgan fingerprint density at radius 3 is 2.58 bits per heavy atom. The summed E-state index contributed by atoms with van der Waals surface area (Å²) in [7, 11) is 3.29. The van der Waals surface area contributed by atoms with E-state index in [9.17, 15) is 18.0 Å². The summed E-state index contributed by atoms with van der Waals surface area (Å²) in [6.07, 6.45) is 2.71. The molecular weight excluding hydrogens is 530 g/mol. The average Bonchev–Trinajstić information content (AvgIpc) is 2.90. The van der Waals surface area contributed by atoms with Gasteiger partial charge in [-0.1, -0.05) is 18.1 Å². The van der Waals surface area contributed by atoms with Gasteiger partial charge in [-0.15, -0.1) is 6.42 Å². The van der Waals surface area contributed by atoms with Crippen LogP contribution in [-0.4, -0.2) is 54.1 Å². The molecule has 1 aromatic heterocycles. The quantitative estimate of drug-likeness (QED) is 0.301. The molecule has 0 spiro atoms. The first-order valence-corrected chi connectivity index (χ1v) is 12.3. The zero-order valence-corrected chi connectivity index (χ0v) is 22.0. The van der Waals surface area contributed by atoms with Crippen molar-refractivity contribution in [1.82, 2.24) is 20.2 Å². The topological polar surface area (TPSA) is 88.6 Å². The maximum absolute atomic E-state index is 15.0. The summed E-state index contributed by atoms with van der Waals surface area (Å²) in [5.74, 6) is -0.148. The number of nitrogens with one attached hydrogen (secondary N) is 2. The number of terminal acetylenes is 1. The molecule has 2 heterocycles. The van der Waals surface area contributed by atoms with Gasteiger partial charge in [0.2, 0.25) is 11.8 Å². The molecule has 210 valence electrons. The standard InChI is InChI=1S/C28H27F4N5O3/c1-5-18-16(2)7-6-8-23(18)40-26-20(28(30,31)32)15-33-27(36-26)35-22-14-21(29)19(13-24(22)39-4)25(38)34-17-9-11-37(3)12-10-17/h1,6-8,13-15,17H,9-12H2,2-4H3,(H,34,38)(H,33,35,36). The van der Waals surface area contributed by atoms with E-state index < -0.39 is 29.3 Å². The fraction of sp³-hybridized carbons (Fsp3) is 0.321. The first-order valence-electron chi connectivity index (χ1n) is 12.3. The zero-order valence-electron chi connectivity index (χ0n) is 22.0. The predicted octanol–water partition coefficient (Wildman–Crippen LogP) is 5.29. The second-order valence-electron chi connectivity index (χ2n) is 9.31. The number of ether oxygens (including phenoxy) is 2. The molecule has 40 heavy (non-hydrogen) atoms. The number of carbonyl (C=O) groups excluding carboxylic acids is 1. The molecule has 1 amide bonds. The molecule has 3 aromatic rings. The molecule has 1 saturated heterocycles. The Morgan fingerprint density at radius 2 is 1.93 bits per heavy atom. The van der Waals surface area contributed by atoms with Gasteiger partial charge in [-0.25, -0.2) is 9.37 Å². The number of aryl methyl sites for hydroxylation is 1. The van der Waals surface area contributed by atoms with Gasteiger partial charge in [-0.3, -0.25) is 4.79 Å². The van der Waals surface area contributed by atoms with Crippen LogP contribution in [0, 0.1) is 25.1 Å². The van der Waals surface area contributed by atoms with Gasteiger partial charge in [0.15, 0.2) is 0 Å². The number of amides is 1. The van der Waals surface area contributed by atoms with Crippen molar-refractivity contribution in [2.75, 3.05) is 32.6 Å². The minimum Gasteiger partial charge on any atom is -0.495 e. The van der Waals surface area contributed by atoms with Crippen molar-refractivity contribution in [3.8, 4) is 29.7 Å². The van der Waals surface area contributed by atoms with Crippen LogP contribution in [0.4, 0.5) is 29.2 Å². The van der Waals surface area contributed by atoms with Crippen molar-refractivity contribution < 1.29 is 31.8 Å². The fourth-order valence-electron chi connectivity index (χ4n) is 4.24. The number of benzene rings is 2. The Kier molecular flexibility index (Phi) is 8.44. The summed E-state index contributed by atoms with van der Waals surface area (Å²) in [5.41, 5.74) is -0.592. The highest BCUT2D eigenvalue weighted by Crippen LogP contribution is 2.39. The van der Waals surface area contributed by atoms with Gasteiger partial charge in [0, 0.05) is 18.3 Å². The van der Waals surface area contributed by atoms with Crippen LogP contribution in [0.25, 0.3) is 0 Å². The average molecular weight is 558 g/mol. The van der Waals surface area contributed by atoms with Crippen LogP contribution in [0.15, 0.2) is 36.5 Å². The third-order valence-corrected chi connectivity index (χ3v) is 6.48. The molecule has 0 unspecified atom stereocenters. The molecule has 1 aliphatic rings. The Morgan fingerprint density at radius 1 is 1.20 bits per heavy atom. The molecular formula is C28H27F4N5O3. The number of hydrogen-bond donors (Lipinski definition) is 2. The van der Waals surface area contributed by atoms with Crippen LogP contribution in [0.3, 0.4) is 0 Å². The van der Waals surface area contributed by atoms with Crippen molar-refractivity contribution in [3.05, 3.63) is 64.6 Å². The van der Waals surface area contributed by atoms with Crippen LogP contribution in [0.2, 0.25) is 0 Å². The van der Waals surface area contributed by atoms with Gasteiger partial charge < -0.3 is 25.0 Å². The maximum Gasteiger partial charge on any atom is 0.423 e. The number of likely N-dealkylation sites (tertiary alicyclic amines) is 1. The number of piperidine rings is 1. The largest absolute Gasteiger partial charge is 0.495 e. The van der Waals surface area contributed by atoms with E-state index in [1.54, 1.807) is 19.1 Å². The molecule has 0 atom stereocenters. The third kappa shape index (κ3) is 6.43. The number of halogens is 4. The minimum absolute atomic E-state index is 0.00116. The summed E-state index contributed by atoms with van der Waals surface area (Å²) in [5, 5.41) is 5.49. The minimum atomic E-state index is -4.83. The van der Waals surface area contributed by atoms with Crippen molar-refractivity contribution in [3.63, 3.8) is 0 Å². The highest BCUT2D eigenvalue weighted by molar-refractivity contribution is 5.96. The van der Waals surface area contributed by atoms with Crippen LogP contribution >= 0.6 is 0 Å². The molecule has 12 heteroatoms. The second kappa shape index (κ2) is 11.8. The van der Waals surface area contributed by atoms with E-state index in [-0.39, 0.29) is 40.3 Å². The van der Waals surface area contributed by atoms with Crippen LogP contribution in [-0.2, 0) is 6.18 Å². The van der Waals surface area contributed by atoms with Crippen LogP contribution in [0.5, 0.6) is 17.4 Å². The van der Waals surface area contributed by atoms with Crippen molar-refractivity contribution in [2.45, 2.75) is 32.0 Å². The Bertz CT molecular complexity index is 1450. The molecule has 8 nitrogen and oxygen atoms in total. The van der Waals surface area contributed by atoms with Crippen LogP contribution < -0.4 is 20.1 Å². The van der Waals surface area contributed by atoms with E-state index >= 15 is 4.39 Å². The third-order valence-electron chi connectivity index (χ3n) is 6.48. The van der Waals surface area contributed by atoms with Gasteiger partial charge in [0.05, 0.1) is 23.9 Å². The number of carbonyl (C=O) groups is 1. The van der Waals surface area contributed by atoms with E-state index in [4.69, 9.17) is 15.9 Å². The van der Waals surface area contributed by atoms with Gasteiger partial charge >= 0.3 is 6.18 Å². The smallest absolute Gasteiger partial charge is 0.423 e. The van der Waals surface area contributed by atoms with E-state index in [1.165, 1.54) is 19.2 Å². The summed E-state index contributed by atoms with van der Waals surface area (Å²) in [6.45, 7) is 3.32. The van der Waals surface area contributed by atoms with Crippen molar-refractivity contribution >= 4 is 17.5 Å². The Balaban J connectivity index is 1.62. The SMILES string of the molecule is C#Cc1c(C)cccc1Oc1nc(Nc2cc(F)c(C(=O)NC3CCN(C)CC3)cc2OC)ncc1C(F)(F)F. The summed E-state index contributed by atoms with van der Waals surface area (Å²) in [6, 6.07) is 6.80. The monoisotopic (exact) mass is 557 g/mol. The van der Waals surface area contributed by atoms with Gasteiger partial charge in [0.1, 0.15) is 22.9 Å². The lowest BCUT2D eigenvalue weighted by atomic mass is 10.0. The maximum atomic E-state index is 15.0. The highest BCUT2D eigenvalue weighted by Gasteiger charge is 2.37. The number of alkyl halides is 3. The second-order valence-corrected chi connectivity index (χ2v) is 9.31. The van der Waals surface area contributed by atoms with E-state index in [0.29, 0.717) is 11.8 Å². The molecule has 0 aliphatic carbocycles. The Labute approximate surface area is 228 Å². The van der Waals surface area contributed by atoms with Crippen LogP contribution in [0.1, 0.15) is 39.9 Å². The summed E-state index contributed by atoms with van der Waals surface area (Å²) < 4.78 is 67.0. The molecule has 1 aliphatic heterocycles. The van der Waals surface area contributed by atoms with E-state index in [1.807, 2.05) is 7.05 Å². The molecule has 0 bridgehead atoms. The number of nitrogens with zero attached hydrogens (tertiary/aromatic N) is 3. The van der Waals surface area contributed by atoms with Crippen molar-refractivity contribution in [1.29, 1.82) is 0 Å². The highest BCUT2D eigenvalue weighted by atomic mass is 19.4. The lowest BCUT2D eigenvalue weighted by molar-refractivity contribution is -0.139. The first kappa shape index (κ1) is 28.6. The molecule has 1 fully saturated rings. The van der Waals surface area contributed by atoms with Crippen molar-refractivity contribution in [2.24, 2.45) is 0 Å². The first-order chi connectivity index (χ1) is 19.0.